The number of hydrogen-bond acceptors (Lipinski definition) is 5. The van der Waals surface area contributed by atoms with E-state index in [1.165, 1.54) is 23.4 Å². The van der Waals surface area contributed by atoms with Crippen LogP contribution in [0.3, 0.4) is 0 Å². The highest BCUT2D eigenvalue weighted by Gasteiger charge is 2.15. The fourth-order valence-corrected chi connectivity index (χ4v) is 2.35. The molecule has 0 radical (unpaired) electrons. The first-order chi connectivity index (χ1) is 8.43. The third-order valence-electron chi connectivity index (χ3n) is 2.21. The van der Waals surface area contributed by atoms with Gasteiger partial charge in [0.05, 0.1) is 18.3 Å². The lowest BCUT2D eigenvalue weighted by atomic mass is 10.3. The number of hydrogen-bond donors (Lipinski definition) is 0. The summed E-state index contributed by atoms with van der Waals surface area (Å²) in [6, 6.07) is 0. The van der Waals surface area contributed by atoms with Crippen LogP contribution in [0.4, 0.5) is 0 Å². The van der Waals surface area contributed by atoms with E-state index in [0.717, 1.165) is 6.26 Å². The van der Waals surface area contributed by atoms with Crippen molar-refractivity contribution in [3.63, 3.8) is 0 Å². The molecule has 2 rings (SSSR count). The zero-order valence-electron chi connectivity index (χ0n) is 9.21. The van der Waals surface area contributed by atoms with Gasteiger partial charge in [0.1, 0.15) is 16.4 Å². The largest absolute Gasteiger partial charge is 0.224 e. The molecule has 18 heavy (non-hydrogen) atoms. The summed E-state index contributed by atoms with van der Waals surface area (Å²) in [5.41, 5.74) is 0.490. The number of sulfone groups is 1. The minimum absolute atomic E-state index is 0.0951. The minimum atomic E-state index is -3.31. The van der Waals surface area contributed by atoms with Gasteiger partial charge in [0.25, 0.3) is 0 Å². The maximum absolute atomic E-state index is 11.4. The van der Waals surface area contributed by atoms with E-state index < -0.39 is 9.84 Å². The molecule has 96 valence electrons. The fourth-order valence-electron chi connectivity index (χ4n) is 1.31. The van der Waals surface area contributed by atoms with Gasteiger partial charge < -0.3 is 0 Å². The molecule has 0 amide bonds. The molecule has 0 saturated carbocycles. The molecule has 0 atom stereocenters. The van der Waals surface area contributed by atoms with Gasteiger partial charge >= 0.3 is 0 Å². The molecule has 9 heteroatoms. The standard InChI is InChI=1S/C9H8Cl2N4O2S/c1-18(16,17)6-3-14-15(4-6)9-7(2-10)8(11)12-5-13-9/h3-5H,2H2,1H3. The fraction of sp³-hybridized carbons (Fsp3) is 0.222. The summed E-state index contributed by atoms with van der Waals surface area (Å²) in [5.74, 6) is 0.461. The van der Waals surface area contributed by atoms with Gasteiger partial charge in [-0.25, -0.2) is 23.1 Å². The highest BCUT2D eigenvalue weighted by atomic mass is 35.5. The predicted octanol–water partition coefficient (Wildman–Crippen LogP) is 1.46. The Morgan fingerprint density at radius 3 is 2.67 bits per heavy atom. The summed E-state index contributed by atoms with van der Waals surface area (Å²) in [6.07, 6.45) is 4.95. The second-order valence-electron chi connectivity index (χ2n) is 3.49. The van der Waals surface area contributed by atoms with Gasteiger partial charge in [-0.1, -0.05) is 11.6 Å². The van der Waals surface area contributed by atoms with Crippen LogP contribution in [-0.2, 0) is 15.7 Å². The van der Waals surface area contributed by atoms with Gasteiger partial charge in [0.2, 0.25) is 0 Å². The van der Waals surface area contributed by atoms with E-state index in [-0.39, 0.29) is 15.9 Å². The normalized spacial score (nSPS) is 11.7. The van der Waals surface area contributed by atoms with Gasteiger partial charge in [-0.05, 0) is 0 Å². The molecule has 0 aliphatic heterocycles. The lowest BCUT2D eigenvalue weighted by Crippen LogP contribution is -2.04. The molecular formula is C9H8Cl2N4O2S. The molecule has 2 aromatic rings. The van der Waals surface area contributed by atoms with Crippen molar-refractivity contribution >= 4 is 33.0 Å². The van der Waals surface area contributed by atoms with Crippen LogP contribution in [0.1, 0.15) is 5.56 Å². The van der Waals surface area contributed by atoms with Crippen LogP contribution in [0.2, 0.25) is 5.15 Å². The summed E-state index contributed by atoms with van der Waals surface area (Å²) in [4.78, 5) is 7.90. The zero-order chi connectivity index (χ0) is 13.3. The molecule has 0 saturated heterocycles. The highest BCUT2D eigenvalue weighted by molar-refractivity contribution is 7.90. The molecule has 0 fully saturated rings. The van der Waals surface area contributed by atoms with E-state index in [9.17, 15) is 8.42 Å². The average Bonchev–Trinajstić information content (AvgIpc) is 2.77. The van der Waals surface area contributed by atoms with Crippen LogP contribution in [-0.4, -0.2) is 34.4 Å². The topological polar surface area (TPSA) is 77.7 Å². The molecule has 2 heterocycles. The lowest BCUT2D eigenvalue weighted by molar-refractivity contribution is 0.602. The van der Waals surface area contributed by atoms with E-state index in [1.54, 1.807) is 0 Å². The molecule has 0 aromatic carbocycles. The van der Waals surface area contributed by atoms with Crippen molar-refractivity contribution in [3.8, 4) is 5.82 Å². The van der Waals surface area contributed by atoms with Crippen LogP contribution in [0.25, 0.3) is 5.82 Å². The second-order valence-corrected chi connectivity index (χ2v) is 6.13. The van der Waals surface area contributed by atoms with Crippen molar-refractivity contribution in [1.82, 2.24) is 19.7 Å². The lowest BCUT2D eigenvalue weighted by Gasteiger charge is -2.06. The first kappa shape index (κ1) is 13.3. The molecule has 0 spiro atoms. The van der Waals surface area contributed by atoms with Crippen molar-refractivity contribution in [1.29, 1.82) is 0 Å². The Kier molecular flexibility index (Phi) is 3.56. The predicted molar refractivity (Wildman–Crippen MR) is 66.8 cm³/mol. The van der Waals surface area contributed by atoms with Gasteiger partial charge in [-0.2, -0.15) is 5.10 Å². The summed E-state index contributed by atoms with van der Waals surface area (Å²) in [5, 5.41) is 4.15. The first-order valence-corrected chi connectivity index (χ1v) is 7.54. The summed E-state index contributed by atoms with van der Waals surface area (Å²) < 4.78 is 24.0. The van der Waals surface area contributed by atoms with Crippen molar-refractivity contribution in [2.75, 3.05) is 6.26 Å². The molecule has 6 nitrogen and oxygen atoms in total. The Balaban J connectivity index is 2.57. The van der Waals surface area contributed by atoms with Crippen molar-refractivity contribution in [2.24, 2.45) is 0 Å². The molecule has 0 unspecified atom stereocenters. The zero-order valence-corrected chi connectivity index (χ0v) is 11.5. The number of rotatable bonds is 3. The highest BCUT2D eigenvalue weighted by Crippen LogP contribution is 2.21. The summed E-state index contributed by atoms with van der Waals surface area (Å²) in [6.45, 7) is 0. The van der Waals surface area contributed by atoms with E-state index >= 15 is 0 Å². The third kappa shape index (κ3) is 2.47. The van der Waals surface area contributed by atoms with Crippen LogP contribution < -0.4 is 0 Å². The second kappa shape index (κ2) is 4.83. The molecule has 0 N–H and O–H groups in total. The maximum Gasteiger partial charge on any atom is 0.178 e. The monoisotopic (exact) mass is 306 g/mol. The molecule has 0 bridgehead atoms. The third-order valence-corrected chi connectivity index (χ3v) is 3.87. The van der Waals surface area contributed by atoms with Crippen molar-refractivity contribution in [3.05, 3.63) is 29.4 Å². The first-order valence-electron chi connectivity index (χ1n) is 4.74. The van der Waals surface area contributed by atoms with E-state index in [4.69, 9.17) is 23.2 Å². The van der Waals surface area contributed by atoms with Crippen LogP contribution >= 0.6 is 23.2 Å². The quantitative estimate of drug-likeness (QED) is 0.633. The number of halogens is 2. The minimum Gasteiger partial charge on any atom is -0.224 e. The number of aromatic nitrogens is 4. The van der Waals surface area contributed by atoms with Gasteiger partial charge in [-0.3, -0.25) is 0 Å². The Labute approximate surface area is 113 Å². The Hall–Kier alpha value is -1.18. The van der Waals surface area contributed by atoms with Crippen molar-refractivity contribution < 1.29 is 8.42 Å². The van der Waals surface area contributed by atoms with E-state index in [0.29, 0.717) is 11.4 Å². The molecular weight excluding hydrogens is 299 g/mol. The Bertz CT molecular complexity index is 684. The van der Waals surface area contributed by atoms with Gasteiger partial charge in [-0.15, -0.1) is 11.6 Å². The van der Waals surface area contributed by atoms with Gasteiger partial charge in [0, 0.05) is 11.8 Å². The van der Waals surface area contributed by atoms with Crippen molar-refractivity contribution in [2.45, 2.75) is 10.8 Å². The van der Waals surface area contributed by atoms with E-state index in [2.05, 4.69) is 15.1 Å². The van der Waals surface area contributed by atoms with Gasteiger partial charge in [0.15, 0.2) is 15.7 Å². The Morgan fingerprint density at radius 1 is 1.39 bits per heavy atom. The number of nitrogens with zero attached hydrogens (tertiary/aromatic N) is 4. The van der Waals surface area contributed by atoms with Crippen LogP contribution in [0, 0.1) is 0 Å². The van der Waals surface area contributed by atoms with E-state index in [1.807, 2.05) is 0 Å². The Morgan fingerprint density at radius 2 is 2.11 bits per heavy atom. The maximum atomic E-state index is 11.4. The van der Waals surface area contributed by atoms with Crippen LogP contribution in [0.15, 0.2) is 23.6 Å². The SMILES string of the molecule is CS(=O)(=O)c1cnn(-c2ncnc(Cl)c2CCl)c1. The van der Waals surface area contributed by atoms with Crippen LogP contribution in [0.5, 0.6) is 0 Å². The average molecular weight is 307 g/mol. The number of alkyl halides is 1. The molecule has 0 aliphatic rings. The smallest absolute Gasteiger partial charge is 0.178 e. The molecule has 0 aliphatic carbocycles. The summed E-state index contributed by atoms with van der Waals surface area (Å²) >= 11 is 11.6. The molecule has 2 aromatic heterocycles. The summed E-state index contributed by atoms with van der Waals surface area (Å²) in [7, 11) is -3.31.